The molecule has 0 atom stereocenters. The van der Waals surface area contributed by atoms with Crippen molar-refractivity contribution in [2.45, 2.75) is 13.8 Å². The number of aromatic nitrogens is 2. The summed E-state index contributed by atoms with van der Waals surface area (Å²) in [7, 11) is 3.22. The molecule has 0 radical (unpaired) electrons. The SMILES string of the molecule is CCNc1nc(C)cc(Nc2ccc(OC)c(OC)c2)n1. The second kappa shape index (κ2) is 6.78. The van der Waals surface area contributed by atoms with E-state index >= 15 is 0 Å². The average Bonchev–Trinajstić information content (AvgIpc) is 2.46. The van der Waals surface area contributed by atoms with Gasteiger partial charge in [0.05, 0.1) is 14.2 Å². The second-order valence-corrected chi connectivity index (χ2v) is 4.44. The number of nitrogens with one attached hydrogen (secondary N) is 2. The van der Waals surface area contributed by atoms with Crippen LogP contribution in [0.3, 0.4) is 0 Å². The number of aryl methyl sites for hydroxylation is 1. The van der Waals surface area contributed by atoms with Crippen LogP contribution in [0.15, 0.2) is 24.3 Å². The normalized spacial score (nSPS) is 10.1. The molecule has 0 aliphatic rings. The van der Waals surface area contributed by atoms with Crippen LogP contribution in [-0.2, 0) is 0 Å². The van der Waals surface area contributed by atoms with Crippen LogP contribution in [-0.4, -0.2) is 30.7 Å². The van der Waals surface area contributed by atoms with Crippen LogP contribution in [0.4, 0.5) is 17.5 Å². The predicted octanol–water partition coefficient (Wildman–Crippen LogP) is 2.98. The van der Waals surface area contributed by atoms with Crippen molar-refractivity contribution in [1.82, 2.24) is 9.97 Å². The average molecular weight is 288 g/mol. The highest BCUT2D eigenvalue weighted by atomic mass is 16.5. The number of methoxy groups -OCH3 is 2. The van der Waals surface area contributed by atoms with Crippen LogP contribution < -0.4 is 20.1 Å². The van der Waals surface area contributed by atoms with Gasteiger partial charge in [-0.25, -0.2) is 4.98 Å². The van der Waals surface area contributed by atoms with E-state index in [0.29, 0.717) is 17.4 Å². The Balaban J connectivity index is 2.25. The summed E-state index contributed by atoms with van der Waals surface area (Å²) in [4.78, 5) is 8.73. The van der Waals surface area contributed by atoms with Gasteiger partial charge in [-0.15, -0.1) is 0 Å². The molecule has 0 aliphatic carbocycles. The van der Waals surface area contributed by atoms with Crippen LogP contribution in [0, 0.1) is 6.92 Å². The molecule has 0 saturated heterocycles. The third-order valence-corrected chi connectivity index (χ3v) is 2.85. The maximum absolute atomic E-state index is 5.29. The lowest BCUT2D eigenvalue weighted by Gasteiger charge is -2.12. The maximum Gasteiger partial charge on any atom is 0.224 e. The molecule has 6 heteroatoms. The number of ether oxygens (including phenoxy) is 2. The largest absolute Gasteiger partial charge is 0.493 e. The Bertz CT molecular complexity index is 617. The Morgan fingerprint density at radius 1 is 1.05 bits per heavy atom. The summed E-state index contributed by atoms with van der Waals surface area (Å²) >= 11 is 0. The molecule has 1 heterocycles. The molecule has 0 amide bonds. The van der Waals surface area contributed by atoms with Crippen LogP contribution >= 0.6 is 0 Å². The summed E-state index contributed by atoms with van der Waals surface area (Å²) in [6, 6.07) is 7.51. The topological polar surface area (TPSA) is 68.3 Å². The van der Waals surface area contributed by atoms with Gasteiger partial charge in [0, 0.05) is 30.1 Å². The molecule has 0 spiro atoms. The van der Waals surface area contributed by atoms with E-state index in [2.05, 4.69) is 20.6 Å². The van der Waals surface area contributed by atoms with Gasteiger partial charge in [-0.05, 0) is 26.0 Å². The van der Waals surface area contributed by atoms with Crippen molar-refractivity contribution < 1.29 is 9.47 Å². The first-order valence-electron chi connectivity index (χ1n) is 6.75. The summed E-state index contributed by atoms with van der Waals surface area (Å²) in [5, 5.41) is 6.35. The smallest absolute Gasteiger partial charge is 0.224 e. The number of hydrogen-bond donors (Lipinski definition) is 2. The van der Waals surface area contributed by atoms with E-state index in [4.69, 9.17) is 9.47 Å². The van der Waals surface area contributed by atoms with Crippen LogP contribution in [0.2, 0.25) is 0 Å². The van der Waals surface area contributed by atoms with Crippen molar-refractivity contribution in [3.05, 3.63) is 30.0 Å². The van der Waals surface area contributed by atoms with Crippen molar-refractivity contribution in [1.29, 1.82) is 0 Å². The first kappa shape index (κ1) is 14.9. The van der Waals surface area contributed by atoms with Gasteiger partial charge >= 0.3 is 0 Å². The molecule has 0 saturated carbocycles. The lowest BCUT2D eigenvalue weighted by atomic mass is 10.2. The predicted molar refractivity (Wildman–Crippen MR) is 83.8 cm³/mol. The summed E-state index contributed by atoms with van der Waals surface area (Å²) in [6.07, 6.45) is 0. The summed E-state index contributed by atoms with van der Waals surface area (Å²) in [6.45, 7) is 4.72. The quantitative estimate of drug-likeness (QED) is 0.851. The van der Waals surface area contributed by atoms with E-state index in [1.807, 2.05) is 38.1 Å². The van der Waals surface area contributed by atoms with Crippen LogP contribution in [0.25, 0.3) is 0 Å². The van der Waals surface area contributed by atoms with E-state index < -0.39 is 0 Å². The zero-order valence-corrected chi connectivity index (χ0v) is 12.7. The highest BCUT2D eigenvalue weighted by Gasteiger charge is 2.06. The molecule has 2 rings (SSSR count). The minimum atomic E-state index is 0.612. The lowest BCUT2D eigenvalue weighted by molar-refractivity contribution is 0.355. The molecule has 0 fully saturated rings. The molecule has 0 aliphatic heterocycles. The van der Waals surface area contributed by atoms with E-state index in [9.17, 15) is 0 Å². The van der Waals surface area contributed by atoms with Gasteiger partial charge in [-0.2, -0.15) is 4.98 Å². The van der Waals surface area contributed by atoms with E-state index in [1.165, 1.54) is 0 Å². The number of rotatable bonds is 6. The van der Waals surface area contributed by atoms with Crippen molar-refractivity contribution in [3.63, 3.8) is 0 Å². The van der Waals surface area contributed by atoms with Crippen molar-refractivity contribution in [3.8, 4) is 11.5 Å². The Kier molecular flexibility index (Phi) is 4.81. The molecule has 1 aromatic heterocycles. The number of nitrogens with zero attached hydrogens (tertiary/aromatic N) is 2. The third kappa shape index (κ3) is 3.75. The van der Waals surface area contributed by atoms with Crippen molar-refractivity contribution >= 4 is 17.5 Å². The second-order valence-electron chi connectivity index (χ2n) is 4.44. The van der Waals surface area contributed by atoms with Gasteiger partial charge in [0.15, 0.2) is 11.5 Å². The Hall–Kier alpha value is -2.50. The summed E-state index contributed by atoms with van der Waals surface area (Å²) in [5.74, 6) is 2.70. The monoisotopic (exact) mass is 288 g/mol. The first-order chi connectivity index (χ1) is 10.2. The minimum absolute atomic E-state index is 0.612. The molecular formula is C15H20N4O2. The van der Waals surface area contributed by atoms with E-state index in [1.54, 1.807) is 14.2 Å². The maximum atomic E-state index is 5.29. The molecule has 6 nitrogen and oxygen atoms in total. The van der Waals surface area contributed by atoms with Crippen LogP contribution in [0.1, 0.15) is 12.6 Å². The number of benzene rings is 1. The van der Waals surface area contributed by atoms with E-state index in [0.717, 1.165) is 23.7 Å². The highest BCUT2D eigenvalue weighted by Crippen LogP contribution is 2.30. The molecule has 112 valence electrons. The van der Waals surface area contributed by atoms with Crippen molar-refractivity contribution in [2.24, 2.45) is 0 Å². The molecule has 21 heavy (non-hydrogen) atoms. The first-order valence-corrected chi connectivity index (χ1v) is 6.75. The summed E-state index contributed by atoms with van der Waals surface area (Å²) < 4.78 is 10.5. The number of hydrogen-bond acceptors (Lipinski definition) is 6. The van der Waals surface area contributed by atoms with E-state index in [-0.39, 0.29) is 0 Å². The fourth-order valence-corrected chi connectivity index (χ4v) is 1.93. The lowest BCUT2D eigenvalue weighted by Crippen LogP contribution is -2.05. The Morgan fingerprint density at radius 3 is 2.48 bits per heavy atom. The fourth-order valence-electron chi connectivity index (χ4n) is 1.93. The number of anilines is 3. The standard InChI is InChI=1S/C15H20N4O2/c1-5-16-15-17-10(2)8-14(19-15)18-11-6-7-12(20-3)13(9-11)21-4/h6-9H,5H2,1-4H3,(H2,16,17,18,19). The van der Waals surface area contributed by atoms with Crippen molar-refractivity contribution in [2.75, 3.05) is 31.4 Å². The molecule has 2 aromatic rings. The Morgan fingerprint density at radius 2 is 1.81 bits per heavy atom. The third-order valence-electron chi connectivity index (χ3n) is 2.85. The molecular weight excluding hydrogens is 268 g/mol. The zero-order chi connectivity index (χ0) is 15.2. The van der Waals surface area contributed by atoms with Gasteiger partial charge < -0.3 is 20.1 Å². The van der Waals surface area contributed by atoms with Gasteiger partial charge in [-0.3, -0.25) is 0 Å². The molecule has 1 aromatic carbocycles. The molecule has 2 N–H and O–H groups in total. The van der Waals surface area contributed by atoms with Gasteiger partial charge in [-0.1, -0.05) is 0 Å². The van der Waals surface area contributed by atoms with Crippen LogP contribution in [0.5, 0.6) is 11.5 Å². The van der Waals surface area contributed by atoms with Gasteiger partial charge in [0.1, 0.15) is 5.82 Å². The fraction of sp³-hybridized carbons (Fsp3) is 0.333. The van der Waals surface area contributed by atoms with Gasteiger partial charge in [0.2, 0.25) is 5.95 Å². The van der Waals surface area contributed by atoms with Gasteiger partial charge in [0.25, 0.3) is 0 Å². The molecule has 0 bridgehead atoms. The zero-order valence-electron chi connectivity index (χ0n) is 12.7. The Labute approximate surface area is 124 Å². The summed E-state index contributed by atoms with van der Waals surface area (Å²) in [5.41, 5.74) is 1.76. The molecule has 0 unspecified atom stereocenters. The minimum Gasteiger partial charge on any atom is -0.493 e. The highest BCUT2D eigenvalue weighted by molar-refractivity contribution is 5.62.